The molecule has 2 fully saturated rings. The standard InChI is InChI=1S/C12H23NS/c1-2-10-8-12(10,9-13)14-11-6-4-3-5-7-11/h10-11H,2-9,13H2,1H3. The fraction of sp³-hybridized carbons (Fsp3) is 1.00. The molecule has 2 atom stereocenters. The minimum atomic E-state index is 0.511. The molecule has 14 heavy (non-hydrogen) atoms. The molecule has 0 aromatic heterocycles. The third-order valence-corrected chi connectivity index (χ3v) is 5.91. The van der Waals surface area contributed by atoms with Crippen molar-refractivity contribution in [2.75, 3.05) is 6.54 Å². The monoisotopic (exact) mass is 213 g/mol. The Hall–Kier alpha value is 0.310. The van der Waals surface area contributed by atoms with E-state index in [1.165, 1.54) is 44.9 Å². The summed E-state index contributed by atoms with van der Waals surface area (Å²) >= 11 is 2.24. The van der Waals surface area contributed by atoms with Crippen LogP contribution < -0.4 is 5.73 Å². The van der Waals surface area contributed by atoms with E-state index in [2.05, 4.69) is 18.7 Å². The van der Waals surface area contributed by atoms with Crippen molar-refractivity contribution in [2.45, 2.75) is 61.9 Å². The molecule has 0 saturated heterocycles. The lowest BCUT2D eigenvalue weighted by Gasteiger charge is -2.26. The molecule has 2 unspecified atom stereocenters. The van der Waals surface area contributed by atoms with Crippen LogP contribution in [0.1, 0.15) is 51.9 Å². The largest absolute Gasteiger partial charge is 0.329 e. The van der Waals surface area contributed by atoms with Crippen LogP contribution >= 0.6 is 11.8 Å². The van der Waals surface area contributed by atoms with Gasteiger partial charge in [0.1, 0.15) is 0 Å². The van der Waals surface area contributed by atoms with E-state index < -0.39 is 0 Å². The molecule has 0 spiro atoms. The zero-order valence-electron chi connectivity index (χ0n) is 9.30. The van der Waals surface area contributed by atoms with Crippen molar-refractivity contribution in [1.82, 2.24) is 0 Å². The molecule has 0 aromatic rings. The van der Waals surface area contributed by atoms with Crippen LogP contribution in [-0.4, -0.2) is 16.5 Å². The smallest absolute Gasteiger partial charge is 0.0316 e. The van der Waals surface area contributed by atoms with Crippen molar-refractivity contribution in [3.05, 3.63) is 0 Å². The summed E-state index contributed by atoms with van der Waals surface area (Å²) in [5.74, 6) is 0.930. The summed E-state index contributed by atoms with van der Waals surface area (Å²) in [5.41, 5.74) is 5.93. The highest BCUT2D eigenvalue weighted by molar-refractivity contribution is 8.01. The molecule has 0 aliphatic heterocycles. The average molecular weight is 213 g/mol. The second-order valence-corrected chi connectivity index (χ2v) is 6.67. The van der Waals surface area contributed by atoms with E-state index in [4.69, 9.17) is 5.73 Å². The minimum Gasteiger partial charge on any atom is -0.329 e. The van der Waals surface area contributed by atoms with Gasteiger partial charge >= 0.3 is 0 Å². The van der Waals surface area contributed by atoms with Crippen molar-refractivity contribution >= 4 is 11.8 Å². The highest BCUT2D eigenvalue weighted by atomic mass is 32.2. The Labute approximate surface area is 92.2 Å². The lowest BCUT2D eigenvalue weighted by atomic mass is 10.0. The van der Waals surface area contributed by atoms with Crippen LogP contribution in [0.2, 0.25) is 0 Å². The summed E-state index contributed by atoms with van der Waals surface area (Å²) in [4.78, 5) is 0. The number of thioether (sulfide) groups is 1. The third kappa shape index (κ3) is 2.11. The maximum absolute atomic E-state index is 5.93. The molecule has 0 amide bonds. The normalized spacial score (nSPS) is 38.6. The average Bonchev–Trinajstić information content (AvgIpc) is 2.94. The van der Waals surface area contributed by atoms with Crippen LogP contribution in [0.15, 0.2) is 0 Å². The molecule has 2 N–H and O–H groups in total. The first-order valence-corrected chi connectivity index (χ1v) is 7.06. The van der Waals surface area contributed by atoms with Crippen molar-refractivity contribution in [2.24, 2.45) is 11.7 Å². The van der Waals surface area contributed by atoms with E-state index in [1.54, 1.807) is 0 Å². The first-order valence-electron chi connectivity index (χ1n) is 6.18. The van der Waals surface area contributed by atoms with Gasteiger partial charge in [0.25, 0.3) is 0 Å². The predicted octanol–water partition coefficient (Wildman–Crippen LogP) is 3.18. The van der Waals surface area contributed by atoms with Gasteiger partial charge in [0.2, 0.25) is 0 Å². The van der Waals surface area contributed by atoms with Gasteiger partial charge in [-0.2, -0.15) is 11.8 Å². The molecule has 2 rings (SSSR count). The van der Waals surface area contributed by atoms with Crippen molar-refractivity contribution < 1.29 is 0 Å². The van der Waals surface area contributed by atoms with Crippen molar-refractivity contribution in [1.29, 1.82) is 0 Å². The van der Waals surface area contributed by atoms with E-state index in [1.807, 2.05) is 0 Å². The van der Waals surface area contributed by atoms with Crippen LogP contribution in [-0.2, 0) is 0 Å². The molecular weight excluding hydrogens is 190 g/mol. The van der Waals surface area contributed by atoms with E-state index >= 15 is 0 Å². The summed E-state index contributed by atoms with van der Waals surface area (Å²) in [6.45, 7) is 3.22. The molecule has 0 bridgehead atoms. The molecule has 2 saturated carbocycles. The van der Waals surface area contributed by atoms with Crippen LogP contribution in [0.3, 0.4) is 0 Å². The second-order valence-electron chi connectivity index (χ2n) is 4.96. The summed E-state index contributed by atoms with van der Waals surface area (Å²) in [5, 5.41) is 0.934. The van der Waals surface area contributed by atoms with Gasteiger partial charge in [0.05, 0.1) is 0 Å². The van der Waals surface area contributed by atoms with Crippen LogP contribution in [0.5, 0.6) is 0 Å². The lowest BCUT2D eigenvalue weighted by Crippen LogP contribution is -2.25. The van der Waals surface area contributed by atoms with Gasteiger partial charge in [-0.3, -0.25) is 0 Å². The summed E-state index contributed by atoms with van der Waals surface area (Å²) in [6.07, 6.45) is 9.98. The Morgan fingerprint density at radius 1 is 1.29 bits per heavy atom. The van der Waals surface area contributed by atoms with E-state index in [0.29, 0.717) is 4.75 Å². The molecule has 2 heteroatoms. The van der Waals surface area contributed by atoms with Crippen molar-refractivity contribution in [3.63, 3.8) is 0 Å². The van der Waals surface area contributed by atoms with Gasteiger partial charge < -0.3 is 5.73 Å². The van der Waals surface area contributed by atoms with Gasteiger partial charge in [0, 0.05) is 16.5 Å². The van der Waals surface area contributed by atoms with Crippen LogP contribution in [0.4, 0.5) is 0 Å². The highest BCUT2D eigenvalue weighted by Crippen LogP contribution is 2.57. The summed E-state index contributed by atoms with van der Waals surface area (Å²) < 4.78 is 0.511. The van der Waals surface area contributed by atoms with E-state index in [0.717, 1.165) is 17.7 Å². The van der Waals surface area contributed by atoms with Crippen LogP contribution in [0, 0.1) is 5.92 Å². The van der Waals surface area contributed by atoms with E-state index in [9.17, 15) is 0 Å². The molecular formula is C12H23NS. The SMILES string of the molecule is CCC1CC1(CN)SC1CCCCC1. The number of hydrogen-bond acceptors (Lipinski definition) is 2. The van der Waals surface area contributed by atoms with Gasteiger partial charge in [-0.05, 0) is 25.2 Å². The predicted molar refractivity (Wildman–Crippen MR) is 64.6 cm³/mol. The Morgan fingerprint density at radius 2 is 2.00 bits per heavy atom. The molecule has 0 radical (unpaired) electrons. The molecule has 82 valence electrons. The maximum Gasteiger partial charge on any atom is 0.0316 e. The molecule has 0 aromatic carbocycles. The first-order chi connectivity index (χ1) is 6.80. The fourth-order valence-corrected chi connectivity index (χ4v) is 4.82. The minimum absolute atomic E-state index is 0.511. The number of nitrogens with two attached hydrogens (primary N) is 1. The topological polar surface area (TPSA) is 26.0 Å². The Bertz CT molecular complexity index is 189. The maximum atomic E-state index is 5.93. The highest BCUT2D eigenvalue weighted by Gasteiger charge is 2.53. The summed E-state index contributed by atoms with van der Waals surface area (Å²) in [7, 11) is 0. The van der Waals surface area contributed by atoms with Crippen molar-refractivity contribution in [3.8, 4) is 0 Å². The zero-order chi connectivity index (χ0) is 10.0. The Balaban J connectivity index is 1.83. The van der Waals surface area contributed by atoms with Crippen LogP contribution in [0.25, 0.3) is 0 Å². The Morgan fingerprint density at radius 3 is 2.50 bits per heavy atom. The van der Waals surface area contributed by atoms with Gasteiger partial charge in [0.15, 0.2) is 0 Å². The van der Waals surface area contributed by atoms with Gasteiger partial charge in [-0.15, -0.1) is 0 Å². The number of hydrogen-bond donors (Lipinski definition) is 1. The fourth-order valence-electron chi connectivity index (χ4n) is 2.83. The lowest BCUT2D eigenvalue weighted by molar-refractivity contribution is 0.513. The number of rotatable bonds is 4. The molecule has 0 heterocycles. The molecule has 1 nitrogen and oxygen atoms in total. The molecule has 2 aliphatic carbocycles. The quantitative estimate of drug-likeness (QED) is 0.776. The molecule has 2 aliphatic rings. The zero-order valence-corrected chi connectivity index (χ0v) is 10.1. The summed E-state index contributed by atoms with van der Waals surface area (Å²) in [6, 6.07) is 0. The van der Waals surface area contributed by atoms with E-state index in [-0.39, 0.29) is 0 Å². The third-order valence-electron chi connectivity index (χ3n) is 3.97. The van der Waals surface area contributed by atoms with Gasteiger partial charge in [-0.1, -0.05) is 32.6 Å². The Kier molecular flexibility index (Phi) is 3.43. The first kappa shape index (κ1) is 10.8. The van der Waals surface area contributed by atoms with Gasteiger partial charge in [-0.25, -0.2) is 0 Å². The second kappa shape index (κ2) is 4.44.